The summed E-state index contributed by atoms with van der Waals surface area (Å²) in [7, 11) is 1.62. The summed E-state index contributed by atoms with van der Waals surface area (Å²) in [6.45, 7) is 3.54. The third-order valence-electron chi connectivity index (χ3n) is 3.03. The second-order valence-electron chi connectivity index (χ2n) is 4.65. The van der Waals surface area contributed by atoms with E-state index in [-0.39, 0.29) is 5.91 Å². The molecule has 0 aliphatic carbocycles. The summed E-state index contributed by atoms with van der Waals surface area (Å²) in [5.41, 5.74) is 3.88. The van der Waals surface area contributed by atoms with Crippen molar-refractivity contribution >= 4 is 18.2 Å². The molecule has 0 aliphatic heterocycles. The van der Waals surface area contributed by atoms with Gasteiger partial charge in [0.25, 0.3) is 5.91 Å². The Balaban J connectivity index is 1.94. The largest absolute Gasteiger partial charge is 0.496 e. The van der Waals surface area contributed by atoms with Gasteiger partial charge in [0.15, 0.2) is 0 Å². The van der Waals surface area contributed by atoms with Crippen LogP contribution in [-0.2, 0) is 0 Å². The van der Waals surface area contributed by atoms with Gasteiger partial charge in [-0.2, -0.15) is 5.10 Å². The second kappa shape index (κ2) is 7.26. The van der Waals surface area contributed by atoms with E-state index in [1.807, 2.05) is 30.3 Å². The van der Waals surface area contributed by atoms with E-state index in [0.717, 1.165) is 11.3 Å². The predicted octanol–water partition coefficient (Wildman–Crippen LogP) is 3.33. The number of benzene rings is 1. The molecule has 0 radical (unpaired) electrons. The third-order valence-corrected chi connectivity index (χ3v) is 3.03. The molecule has 1 amide bonds. The Kier molecular flexibility index (Phi) is 5.14. The minimum atomic E-state index is -0.295. The Morgan fingerprint density at radius 2 is 2.09 bits per heavy atom. The number of aryl methyl sites for hydroxylation is 2. The fraction of sp³-hybridized carbons (Fsp3) is 0.176. The molecule has 2 rings (SSSR count). The van der Waals surface area contributed by atoms with Crippen LogP contribution in [0.2, 0.25) is 0 Å². The number of furan rings is 1. The van der Waals surface area contributed by atoms with Gasteiger partial charge in [0.05, 0.1) is 12.7 Å². The average Bonchev–Trinajstić information content (AvgIpc) is 2.86. The van der Waals surface area contributed by atoms with Crippen LogP contribution >= 0.6 is 0 Å². The molecule has 2 aromatic rings. The van der Waals surface area contributed by atoms with Crippen LogP contribution < -0.4 is 10.2 Å². The van der Waals surface area contributed by atoms with Crippen molar-refractivity contribution in [3.8, 4) is 5.75 Å². The number of nitrogens with one attached hydrogen (secondary N) is 1. The monoisotopic (exact) mass is 298 g/mol. The maximum absolute atomic E-state index is 11.9. The number of methoxy groups -OCH3 is 1. The van der Waals surface area contributed by atoms with E-state index < -0.39 is 0 Å². The van der Waals surface area contributed by atoms with Gasteiger partial charge in [-0.25, -0.2) is 5.43 Å². The zero-order valence-corrected chi connectivity index (χ0v) is 12.8. The fourth-order valence-electron chi connectivity index (χ4n) is 2.01. The quantitative estimate of drug-likeness (QED) is 0.680. The van der Waals surface area contributed by atoms with Crippen LogP contribution in [-0.4, -0.2) is 19.2 Å². The van der Waals surface area contributed by atoms with E-state index in [1.165, 1.54) is 6.21 Å². The number of nitrogens with zero attached hydrogens (tertiary/aromatic N) is 1. The molecule has 5 nitrogen and oxygen atoms in total. The molecule has 1 aromatic carbocycles. The van der Waals surface area contributed by atoms with Crippen LogP contribution in [0.15, 0.2) is 45.9 Å². The number of ether oxygens (including phenoxy) is 1. The smallest absolute Gasteiger partial charge is 0.274 e. The average molecular weight is 298 g/mol. The summed E-state index contributed by atoms with van der Waals surface area (Å²) >= 11 is 0. The molecule has 1 N–H and O–H groups in total. The number of allylic oxidation sites excluding steroid dienone is 1. The number of carbonyl (C=O) groups excluding carboxylic acids is 1. The molecule has 0 atom stereocenters. The molecule has 22 heavy (non-hydrogen) atoms. The summed E-state index contributed by atoms with van der Waals surface area (Å²) in [6.07, 6.45) is 5.08. The summed E-state index contributed by atoms with van der Waals surface area (Å²) in [4.78, 5) is 11.9. The van der Waals surface area contributed by atoms with Gasteiger partial charge in [0.1, 0.15) is 17.3 Å². The van der Waals surface area contributed by atoms with Crippen molar-refractivity contribution in [2.75, 3.05) is 7.11 Å². The van der Waals surface area contributed by atoms with Crippen molar-refractivity contribution in [2.24, 2.45) is 5.10 Å². The van der Waals surface area contributed by atoms with Gasteiger partial charge < -0.3 is 9.15 Å². The number of carbonyl (C=O) groups is 1. The Bertz CT molecular complexity index is 714. The molecule has 0 bridgehead atoms. The first-order chi connectivity index (χ1) is 10.6. The molecule has 114 valence electrons. The van der Waals surface area contributed by atoms with Crippen molar-refractivity contribution in [2.45, 2.75) is 13.8 Å². The zero-order chi connectivity index (χ0) is 15.9. The number of hydrogen-bond acceptors (Lipinski definition) is 4. The summed E-state index contributed by atoms with van der Waals surface area (Å²) in [6, 6.07) is 9.32. The van der Waals surface area contributed by atoms with Crippen molar-refractivity contribution in [1.29, 1.82) is 0 Å². The van der Waals surface area contributed by atoms with Crippen molar-refractivity contribution in [3.05, 3.63) is 59.1 Å². The number of amides is 1. The highest BCUT2D eigenvalue weighted by atomic mass is 16.5. The molecule has 0 unspecified atom stereocenters. The minimum Gasteiger partial charge on any atom is -0.496 e. The molecule has 0 aliphatic rings. The number of para-hydroxylation sites is 1. The molecule has 0 spiro atoms. The van der Waals surface area contributed by atoms with Gasteiger partial charge >= 0.3 is 0 Å². The van der Waals surface area contributed by atoms with E-state index in [9.17, 15) is 4.79 Å². The topological polar surface area (TPSA) is 63.8 Å². The number of hydrazone groups is 1. The van der Waals surface area contributed by atoms with Gasteiger partial charge in [0.2, 0.25) is 0 Å². The standard InChI is InChI=1S/C17H18N2O3/c1-12-11-15(13(2)22-12)17(20)19-18-10-6-8-14-7-4-5-9-16(14)21-3/h4-11H,1-3H3,(H,19,20). The summed E-state index contributed by atoms with van der Waals surface area (Å²) in [5, 5.41) is 3.87. The molecule has 1 aromatic heterocycles. The van der Waals surface area contributed by atoms with Crippen LogP contribution in [0.4, 0.5) is 0 Å². The third kappa shape index (κ3) is 3.85. The minimum absolute atomic E-state index is 0.295. The Labute approximate surface area is 129 Å². The molecule has 0 saturated carbocycles. The van der Waals surface area contributed by atoms with Crippen molar-refractivity contribution in [3.63, 3.8) is 0 Å². The van der Waals surface area contributed by atoms with E-state index in [4.69, 9.17) is 9.15 Å². The van der Waals surface area contributed by atoms with E-state index >= 15 is 0 Å². The van der Waals surface area contributed by atoms with Crippen molar-refractivity contribution in [1.82, 2.24) is 5.43 Å². The Morgan fingerprint density at radius 1 is 1.32 bits per heavy atom. The molecule has 0 saturated heterocycles. The van der Waals surface area contributed by atoms with Crippen LogP contribution in [0, 0.1) is 13.8 Å². The molecular formula is C17H18N2O3. The second-order valence-corrected chi connectivity index (χ2v) is 4.65. The van der Waals surface area contributed by atoms with Gasteiger partial charge in [-0.1, -0.05) is 18.2 Å². The van der Waals surface area contributed by atoms with Crippen LogP contribution in [0.3, 0.4) is 0 Å². The maximum Gasteiger partial charge on any atom is 0.274 e. The lowest BCUT2D eigenvalue weighted by molar-refractivity contribution is 0.0953. The predicted molar refractivity (Wildman–Crippen MR) is 86.2 cm³/mol. The molecule has 0 fully saturated rings. The first kappa shape index (κ1) is 15.6. The number of hydrogen-bond donors (Lipinski definition) is 1. The van der Waals surface area contributed by atoms with Crippen LogP contribution in [0.1, 0.15) is 27.4 Å². The zero-order valence-electron chi connectivity index (χ0n) is 12.8. The fourth-order valence-corrected chi connectivity index (χ4v) is 2.01. The highest BCUT2D eigenvalue weighted by Gasteiger charge is 2.12. The molecular weight excluding hydrogens is 280 g/mol. The van der Waals surface area contributed by atoms with E-state index in [1.54, 1.807) is 33.1 Å². The SMILES string of the molecule is COc1ccccc1C=CC=NNC(=O)c1cc(C)oc1C. The van der Waals surface area contributed by atoms with Gasteiger partial charge in [-0.05, 0) is 38.1 Å². The van der Waals surface area contributed by atoms with E-state index in [2.05, 4.69) is 10.5 Å². The van der Waals surface area contributed by atoms with Crippen molar-refractivity contribution < 1.29 is 13.9 Å². The lowest BCUT2D eigenvalue weighted by Crippen LogP contribution is -2.17. The van der Waals surface area contributed by atoms with Gasteiger partial charge in [-0.3, -0.25) is 4.79 Å². The first-order valence-electron chi connectivity index (χ1n) is 6.82. The summed E-state index contributed by atoms with van der Waals surface area (Å²) in [5.74, 6) is 1.76. The highest BCUT2D eigenvalue weighted by Crippen LogP contribution is 2.18. The maximum atomic E-state index is 11.9. The Morgan fingerprint density at radius 3 is 2.77 bits per heavy atom. The summed E-state index contributed by atoms with van der Waals surface area (Å²) < 4.78 is 10.5. The molecule has 5 heteroatoms. The Hall–Kier alpha value is -2.82. The van der Waals surface area contributed by atoms with Gasteiger partial charge in [-0.15, -0.1) is 0 Å². The highest BCUT2D eigenvalue weighted by molar-refractivity contribution is 5.95. The lowest BCUT2D eigenvalue weighted by atomic mass is 10.2. The molecule has 1 heterocycles. The van der Waals surface area contributed by atoms with Gasteiger partial charge in [0, 0.05) is 11.8 Å². The lowest BCUT2D eigenvalue weighted by Gasteiger charge is -2.02. The van der Waals surface area contributed by atoms with Crippen LogP contribution in [0.5, 0.6) is 5.75 Å². The first-order valence-corrected chi connectivity index (χ1v) is 6.82. The van der Waals surface area contributed by atoms with E-state index in [0.29, 0.717) is 17.1 Å². The van der Waals surface area contributed by atoms with Crippen LogP contribution in [0.25, 0.3) is 6.08 Å². The normalized spacial score (nSPS) is 11.2. The number of rotatable bonds is 5.